The number of nitrogens with two attached hydrogens (primary N) is 1. The molecule has 0 amide bonds. The predicted octanol–water partition coefficient (Wildman–Crippen LogP) is 3.87. The Labute approximate surface area is 117 Å². The number of hydrogen-bond donors (Lipinski definition) is 1. The summed E-state index contributed by atoms with van der Waals surface area (Å²) < 4.78 is 0. The van der Waals surface area contributed by atoms with E-state index in [-0.39, 0.29) is 6.04 Å². The van der Waals surface area contributed by atoms with Crippen molar-refractivity contribution in [3.05, 3.63) is 29.8 Å². The minimum Gasteiger partial charge on any atom is -0.371 e. The zero-order chi connectivity index (χ0) is 13.3. The monoisotopic (exact) mass is 258 g/mol. The van der Waals surface area contributed by atoms with E-state index in [1.54, 1.807) is 0 Å². The summed E-state index contributed by atoms with van der Waals surface area (Å²) in [5.74, 6) is 0. The molecule has 104 valence electrons. The van der Waals surface area contributed by atoms with Gasteiger partial charge in [0.15, 0.2) is 0 Å². The van der Waals surface area contributed by atoms with Crippen LogP contribution in [0.1, 0.15) is 57.1 Å². The molecule has 3 rings (SSSR count). The summed E-state index contributed by atoms with van der Waals surface area (Å²) in [6.45, 7) is 4.51. The van der Waals surface area contributed by atoms with E-state index in [0.29, 0.717) is 5.41 Å². The summed E-state index contributed by atoms with van der Waals surface area (Å²) in [5.41, 5.74) is 9.47. The fourth-order valence-electron chi connectivity index (χ4n) is 4.01. The smallest absolute Gasteiger partial charge is 0.0414 e. The van der Waals surface area contributed by atoms with E-state index in [1.165, 1.54) is 62.9 Å². The molecule has 19 heavy (non-hydrogen) atoms. The van der Waals surface area contributed by atoms with Crippen molar-refractivity contribution >= 4 is 5.69 Å². The zero-order valence-corrected chi connectivity index (χ0v) is 12.1. The maximum absolute atomic E-state index is 6.11. The molecule has 2 fully saturated rings. The Kier molecular flexibility index (Phi) is 3.53. The van der Waals surface area contributed by atoms with Crippen LogP contribution in [0.15, 0.2) is 24.3 Å². The van der Waals surface area contributed by atoms with Gasteiger partial charge in [-0.1, -0.05) is 31.0 Å². The van der Waals surface area contributed by atoms with Gasteiger partial charge in [-0.15, -0.1) is 0 Å². The fraction of sp³-hybridized carbons (Fsp3) is 0.647. The Hall–Kier alpha value is -1.02. The van der Waals surface area contributed by atoms with Crippen molar-refractivity contribution in [2.75, 3.05) is 18.0 Å². The van der Waals surface area contributed by atoms with Gasteiger partial charge in [-0.25, -0.2) is 0 Å². The molecule has 1 aromatic carbocycles. The first kappa shape index (κ1) is 13.0. The average Bonchev–Trinajstić information content (AvgIpc) is 2.88. The summed E-state index contributed by atoms with van der Waals surface area (Å²) in [6, 6.07) is 8.79. The van der Waals surface area contributed by atoms with Crippen molar-refractivity contribution in [1.82, 2.24) is 0 Å². The largest absolute Gasteiger partial charge is 0.371 e. The quantitative estimate of drug-likeness (QED) is 0.872. The molecule has 1 spiro atoms. The van der Waals surface area contributed by atoms with Gasteiger partial charge in [0, 0.05) is 24.8 Å². The molecule has 1 aromatic rings. The van der Waals surface area contributed by atoms with E-state index in [0.717, 1.165) is 0 Å². The summed E-state index contributed by atoms with van der Waals surface area (Å²) in [7, 11) is 0. The van der Waals surface area contributed by atoms with E-state index in [1.807, 2.05) is 0 Å². The molecule has 1 aliphatic carbocycles. The molecule has 1 atom stereocenters. The lowest BCUT2D eigenvalue weighted by Gasteiger charge is -2.41. The van der Waals surface area contributed by atoms with E-state index in [4.69, 9.17) is 5.73 Å². The van der Waals surface area contributed by atoms with Crippen LogP contribution in [0.25, 0.3) is 0 Å². The van der Waals surface area contributed by atoms with E-state index >= 15 is 0 Å². The van der Waals surface area contributed by atoms with E-state index in [9.17, 15) is 0 Å². The van der Waals surface area contributed by atoms with Crippen LogP contribution in [0.3, 0.4) is 0 Å². The Morgan fingerprint density at radius 1 is 1.05 bits per heavy atom. The molecule has 2 heteroatoms. The molecule has 2 aliphatic rings. The number of piperidine rings is 1. The predicted molar refractivity (Wildman–Crippen MR) is 81.4 cm³/mol. The van der Waals surface area contributed by atoms with E-state index in [2.05, 4.69) is 36.1 Å². The second-order valence-electron chi connectivity index (χ2n) is 6.54. The van der Waals surface area contributed by atoms with Gasteiger partial charge >= 0.3 is 0 Å². The van der Waals surface area contributed by atoms with Crippen LogP contribution in [0.4, 0.5) is 5.69 Å². The van der Waals surface area contributed by atoms with Crippen molar-refractivity contribution < 1.29 is 0 Å². The first-order valence-corrected chi connectivity index (χ1v) is 7.80. The Bertz CT molecular complexity index is 423. The minimum atomic E-state index is 0.124. The second-order valence-corrected chi connectivity index (χ2v) is 6.54. The molecule has 1 saturated heterocycles. The summed E-state index contributed by atoms with van der Waals surface area (Å²) in [5, 5.41) is 0. The molecule has 0 unspecified atom stereocenters. The fourth-order valence-corrected chi connectivity index (χ4v) is 4.01. The highest BCUT2D eigenvalue weighted by atomic mass is 15.1. The molecule has 0 radical (unpaired) electrons. The molecule has 1 heterocycles. The van der Waals surface area contributed by atoms with E-state index < -0.39 is 0 Å². The third-order valence-corrected chi connectivity index (χ3v) is 5.26. The minimum absolute atomic E-state index is 0.124. The van der Waals surface area contributed by atoms with Gasteiger partial charge in [-0.05, 0) is 49.7 Å². The molecule has 1 saturated carbocycles. The average molecular weight is 258 g/mol. The number of para-hydroxylation sites is 1. The van der Waals surface area contributed by atoms with Crippen LogP contribution in [0, 0.1) is 5.41 Å². The van der Waals surface area contributed by atoms with Gasteiger partial charge in [0.25, 0.3) is 0 Å². The molecular weight excluding hydrogens is 232 g/mol. The summed E-state index contributed by atoms with van der Waals surface area (Å²) >= 11 is 0. The number of benzene rings is 1. The zero-order valence-electron chi connectivity index (χ0n) is 12.1. The highest BCUT2D eigenvalue weighted by molar-refractivity contribution is 5.55. The van der Waals surface area contributed by atoms with Gasteiger partial charge in [-0.3, -0.25) is 0 Å². The molecule has 2 nitrogen and oxygen atoms in total. The Balaban J connectivity index is 1.75. The van der Waals surface area contributed by atoms with Crippen LogP contribution < -0.4 is 10.6 Å². The van der Waals surface area contributed by atoms with Crippen LogP contribution in [-0.2, 0) is 0 Å². The van der Waals surface area contributed by atoms with Crippen molar-refractivity contribution in [3.8, 4) is 0 Å². The van der Waals surface area contributed by atoms with Crippen LogP contribution in [-0.4, -0.2) is 13.1 Å². The first-order valence-electron chi connectivity index (χ1n) is 7.80. The van der Waals surface area contributed by atoms with Gasteiger partial charge in [0.05, 0.1) is 0 Å². The lowest BCUT2D eigenvalue weighted by atomic mass is 9.77. The van der Waals surface area contributed by atoms with Gasteiger partial charge in [0.1, 0.15) is 0 Å². The molecule has 0 aromatic heterocycles. The number of nitrogens with zero attached hydrogens (tertiary/aromatic N) is 1. The van der Waals surface area contributed by atoms with Crippen LogP contribution in [0.5, 0.6) is 0 Å². The first-order chi connectivity index (χ1) is 9.20. The lowest BCUT2D eigenvalue weighted by molar-refractivity contribution is 0.226. The maximum atomic E-state index is 6.11. The van der Waals surface area contributed by atoms with Crippen LogP contribution >= 0.6 is 0 Å². The van der Waals surface area contributed by atoms with Gasteiger partial charge in [-0.2, -0.15) is 0 Å². The standard InChI is InChI=1S/C17H26N2/c1-14(18)15-6-2-3-7-16(15)19-12-10-17(11-13-19)8-4-5-9-17/h2-3,6-7,14H,4-5,8-13,18H2,1H3/t14-/m1/s1. The molecular formula is C17H26N2. The topological polar surface area (TPSA) is 29.3 Å². The molecule has 2 N–H and O–H groups in total. The summed E-state index contributed by atoms with van der Waals surface area (Å²) in [6.07, 6.45) is 8.60. The molecule has 1 aliphatic heterocycles. The van der Waals surface area contributed by atoms with Crippen molar-refractivity contribution in [3.63, 3.8) is 0 Å². The second kappa shape index (κ2) is 5.16. The third-order valence-electron chi connectivity index (χ3n) is 5.26. The number of hydrogen-bond acceptors (Lipinski definition) is 2. The van der Waals surface area contributed by atoms with Crippen molar-refractivity contribution in [2.45, 2.75) is 51.5 Å². The highest BCUT2D eigenvalue weighted by Crippen LogP contribution is 2.47. The Morgan fingerprint density at radius 3 is 2.32 bits per heavy atom. The third kappa shape index (κ3) is 2.51. The highest BCUT2D eigenvalue weighted by Gasteiger charge is 2.37. The van der Waals surface area contributed by atoms with Gasteiger partial charge in [0.2, 0.25) is 0 Å². The normalized spacial score (nSPS) is 23.8. The number of anilines is 1. The van der Waals surface area contributed by atoms with Crippen molar-refractivity contribution in [2.24, 2.45) is 11.1 Å². The Morgan fingerprint density at radius 2 is 1.68 bits per heavy atom. The van der Waals surface area contributed by atoms with Crippen molar-refractivity contribution in [1.29, 1.82) is 0 Å². The molecule has 0 bridgehead atoms. The summed E-state index contributed by atoms with van der Waals surface area (Å²) in [4.78, 5) is 2.56. The number of rotatable bonds is 2. The SMILES string of the molecule is C[C@@H](N)c1ccccc1N1CCC2(CCCC2)CC1. The maximum Gasteiger partial charge on any atom is 0.0414 e. The lowest BCUT2D eigenvalue weighted by Crippen LogP contribution is -2.39. The van der Waals surface area contributed by atoms with Crippen LogP contribution in [0.2, 0.25) is 0 Å². The van der Waals surface area contributed by atoms with Gasteiger partial charge < -0.3 is 10.6 Å².